The molecule has 2 nitrogen and oxygen atoms in total. The van der Waals surface area contributed by atoms with E-state index in [-0.39, 0.29) is 12.0 Å². The van der Waals surface area contributed by atoms with Crippen LogP contribution in [0.5, 0.6) is 0 Å². The summed E-state index contributed by atoms with van der Waals surface area (Å²) >= 11 is 0. The normalized spacial score (nSPS) is 16.0. The first-order valence-corrected chi connectivity index (χ1v) is 6.60. The summed E-state index contributed by atoms with van der Waals surface area (Å²) in [6.45, 7) is 6.01. The Balaban J connectivity index is 3.01. The monoisotopic (exact) mass is 289 g/mol. The van der Waals surface area contributed by atoms with Crippen molar-refractivity contribution in [3.8, 4) is 0 Å². The Morgan fingerprint density at radius 2 is 1.80 bits per heavy atom. The molecule has 1 aromatic rings. The molecule has 2 unspecified atom stereocenters. The highest BCUT2D eigenvalue weighted by Crippen LogP contribution is 2.33. The van der Waals surface area contributed by atoms with E-state index in [1.165, 1.54) is 6.07 Å². The minimum atomic E-state index is -4.38. The third kappa shape index (κ3) is 4.80. The molecule has 0 spiro atoms. The Kier molecular flexibility index (Phi) is 5.21. The lowest BCUT2D eigenvalue weighted by atomic mass is 9.82. The van der Waals surface area contributed by atoms with E-state index in [1.807, 2.05) is 20.8 Å². The second-order valence-electron chi connectivity index (χ2n) is 6.30. The molecule has 0 amide bonds. The van der Waals surface area contributed by atoms with Crippen molar-refractivity contribution in [2.75, 3.05) is 6.54 Å². The van der Waals surface area contributed by atoms with Gasteiger partial charge in [-0.2, -0.15) is 13.2 Å². The molecule has 5 heteroatoms. The molecule has 0 bridgehead atoms. The molecular weight excluding hydrogens is 267 g/mol. The summed E-state index contributed by atoms with van der Waals surface area (Å²) in [5.41, 5.74) is 5.24. The lowest BCUT2D eigenvalue weighted by Gasteiger charge is -2.28. The Morgan fingerprint density at radius 3 is 2.25 bits per heavy atom. The fraction of sp³-hybridized carbons (Fsp3) is 0.600. The summed E-state index contributed by atoms with van der Waals surface area (Å²) in [5.74, 6) is -0.489. The molecule has 0 aromatic heterocycles. The third-order valence-corrected chi connectivity index (χ3v) is 3.18. The van der Waals surface area contributed by atoms with Crippen molar-refractivity contribution >= 4 is 0 Å². The summed E-state index contributed by atoms with van der Waals surface area (Å²) in [7, 11) is 0. The first-order chi connectivity index (χ1) is 9.04. The van der Waals surface area contributed by atoms with Crippen LogP contribution in [-0.2, 0) is 6.18 Å². The molecule has 0 heterocycles. The van der Waals surface area contributed by atoms with E-state index in [1.54, 1.807) is 6.07 Å². The van der Waals surface area contributed by atoms with Gasteiger partial charge in [0.1, 0.15) is 0 Å². The molecule has 0 aliphatic carbocycles. The average molecular weight is 289 g/mol. The molecule has 0 saturated carbocycles. The maximum Gasteiger partial charge on any atom is 0.416 e. The molecule has 0 radical (unpaired) electrons. The van der Waals surface area contributed by atoms with E-state index < -0.39 is 23.8 Å². The van der Waals surface area contributed by atoms with Gasteiger partial charge in [0.25, 0.3) is 0 Å². The summed E-state index contributed by atoms with van der Waals surface area (Å²) < 4.78 is 38.1. The van der Waals surface area contributed by atoms with Crippen LogP contribution in [0.1, 0.15) is 44.2 Å². The number of hydrogen-bond acceptors (Lipinski definition) is 2. The third-order valence-electron chi connectivity index (χ3n) is 3.18. The highest BCUT2D eigenvalue weighted by Gasteiger charge is 2.32. The van der Waals surface area contributed by atoms with E-state index >= 15 is 0 Å². The van der Waals surface area contributed by atoms with Crippen LogP contribution in [0.15, 0.2) is 24.3 Å². The van der Waals surface area contributed by atoms with Gasteiger partial charge in [-0.05, 0) is 23.5 Å². The predicted octanol–water partition coefficient (Wildman–Crippen LogP) is 3.54. The minimum absolute atomic E-state index is 0.110. The number of aliphatic hydroxyl groups excluding tert-OH is 1. The Bertz CT molecular complexity index is 437. The number of alkyl halides is 3. The first kappa shape index (κ1) is 17.0. The topological polar surface area (TPSA) is 46.2 Å². The van der Waals surface area contributed by atoms with Gasteiger partial charge in [0.15, 0.2) is 0 Å². The Hall–Kier alpha value is -1.07. The highest BCUT2D eigenvalue weighted by atomic mass is 19.4. The van der Waals surface area contributed by atoms with Crippen molar-refractivity contribution in [2.24, 2.45) is 11.1 Å². The fourth-order valence-electron chi connectivity index (χ4n) is 2.23. The maximum atomic E-state index is 12.7. The van der Waals surface area contributed by atoms with Gasteiger partial charge in [-0.25, -0.2) is 0 Å². The van der Waals surface area contributed by atoms with Gasteiger partial charge in [-0.1, -0.05) is 39.0 Å². The van der Waals surface area contributed by atoms with Crippen molar-refractivity contribution in [3.63, 3.8) is 0 Å². The summed E-state index contributed by atoms with van der Waals surface area (Å²) in [5, 5.41) is 10.2. The second kappa shape index (κ2) is 6.14. The van der Waals surface area contributed by atoms with E-state index in [4.69, 9.17) is 5.73 Å². The summed E-state index contributed by atoms with van der Waals surface area (Å²) in [6.07, 6.45) is -4.67. The van der Waals surface area contributed by atoms with E-state index in [2.05, 4.69) is 0 Å². The van der Waals surface area contributed by atoms with Crippen LogP contribution in [0.3, 0.4) is 0 Å². The molecule has 1 aromatic carbocycles. The molecule has 0 fully saturated rings. The molecule has 114 valence electrons. The number of benzene rings is 1. The van der Waals surface area contributed by atoms with E-state index in [9.17, 15) is 18.3 Å². The number of rotatable bonds is 4. The average Bonchev–Trinajstić information content (AvgIpc) is 2.26. The molecule has 0 aliphatic heterocycles. The van der Waals surface area contributed by atoms with Crippen LogP contribution < -0.4 is 5.73 Å². The van der Waals surface area contributed by atoms with Crippen molar-refractivity contribution < 1.29 is 18.3 Å². The molecule has 3 N–H and O–H groups in total. The maximum absolute atomic E-state index is 12.7. The minimum Gasteiger partial charge on any atom is -0.392 e. The fourth-order valence-corrected chi connectivity index (χ4v) is 2.23. The smallest absolute Gasteiger partial charge is 0.392 e. The Labute approximate surface area is 117 Å². The van der Waals surface area contributed by atoms with Gasteiger partial charge < -0.3 is 10.8 Å². The molecule has 0 aliphatic rings. The van der Waals surface area contributed by atoms with Crippen LogP contribution in [-0.4, -0.2) is 17.8 Å². The van der Waals surface area contributed by atoms with Crippen LogP contribution in [0.4, 0.5) is 13.2 Å². The zero-order chi connectivity index (χ0) is 15.6. The van der Waals surface area contributed by atoms with Crippen LogP contribution >= 0.6 is 0 Å². The van der Waals surface area contributed by atoms with Gasteiger partial charge in [0.05, 0.1) is 11.7 Å². The number of aliphatic hydroxyl groups is 1. The molecular formula is C15H22F3NO. The van der Waals surface area contributed by atoms with Crippen molar-refractivity contribution in [1.29, 1.82) is 0 Å². The van der Waals surface area contributed by atoms with Crippen molar-refractivity contribution in [3.05, 3.63) is 35.4 Å². The van der Waals surface area contributed by atoms with Crippen LogP contribution in [0, 0.1) is 5.41 Å². The van der Waals surface area contributed by atoms with Gasteiger partial charge in [-0.15, -0.1) is 0 Å². The summed E-state index contributed by atoms with van der Waals surface area (Å²) in [4.78, 5) is 0. The quantitative estimate of drug-likeness (QED) is 0.890. The largest absolute Gasteiger partial charge is 0.416 e. The Morgan fingerprint density at radius 1 is 1.20 bits per heavy atom. The lowest BCUT2D eigenvalue weighted by molar-refractivity contribution is -0.137. The van der Waals surface area contributed by atoms with E-state index in [0.717, 1.165) is 12.1 Å². The SMILES string of the molecule is CC(C)(C)CC(O)C(CN)c1cccc(C(F)(F)F)c1. The molecule has 2 atom stereocenters. The zero-order valence-electron chi connectivity index (χ0n) is 12.0. The van der Waals surface area contributed by atoms with Gasteiger partial charge >= 0.3 is 6.18 Å². The number of nitrogens with two attached hydrogens (primary N) is 1. The molecule has 0 saturated heterocycles. The van der Waals surface area contributed by atoms with Crippen molar-refractivity contribution in [1.82, 2.24) is 0 Å². The molecule has 20 heavy (non-hydrogen) atoms. The van der Waals surface area contributed by atoms with Gasteiger partial charge in [0, 0.05) is 12.5 Å². The molecule has 1 rings (SSSR count). The second-order valence-corrected chi connectivity index (χ2v) is 6.30. The summed E-state index contributed by atoms with van der Waals surface area (Å²) in [6, 6.07) is 5.03. The predicted molar refractivity (Wildman–Crippen MR) is 73.3 cm³/mol. The first-order valence-electron chi connectivity index (χ1n) is 6.60. The number of hydrogen-bond donors (Lipinski definition) is 2. The van der Waals surface area contributed by atoms with Crippen molar-refractivity contribution in [2.45, 2.75) is 45.4 Å². The number of halogens is 3. The lowest BCUT2D eigenvalue weighted by Crippen LogP contribution is -2.29. The zero-order valence-corrected chi connectivity index (χ0v) is 12.0. The highest BCUT2D eigenvalue weighted by molar-refractivity contribution is 5.29. The van der Waals surface area contributed by atoms with Crippen LogP contribution in [0.2, 0.25) is 0 Å². The van der Waals surface area contributed by atoms with E-state index in [0.29, 0.717) is 12.0 Å². The van der Waals surface area contributed by atoms with Gasteiger partial charge in [0.2, 0.25) is 0 Å². The van der Waals surface area contributed by atoms with Crippen LogP contribution in [0.25, 0.3) is 0 Å². The standard InChI is InChI=1S/C15H22F3NO/c1-14(2,3)8-13(20)12(9-19)10-5-4-6-11(7-10)15(16,17)18/h4-7,12-13,20H,8-9,19H2,1-3H3. The van der Waals surface area contributed by atoms with Gasteiger partial charge in [-0.3, -0.25) is 0 Å².